The van der Waals surface area contributed by atoms with Crippen LogP contribution in [0.3, 0.4) is 0 Å². The third kappa shape index (κ3) is 11.0. The summed E-state index contributed by atoms with van der Waals surface area (Å²) < 4.78 is 218. The summed E-state index contributed by atoms with van der Waals surface area (Å²) in [7, 11) is -26.9. The summed E-state index contributed by atoms with van der Waals surface area (Å²) in [6.07, 6.45) is 0. The van der Waals surface area contributed by atoms with E-state index in [2.05, 4.69) is 0 Å². The van der Waals surface area contributed by atoms with Gasteiger partial charge in [0.25, 0.3) is 0 Å². The van der Waals surface area contributed by atoms with Crippen LogP contribution in [0, 0.1) is 0 Å². The van der Waals surface area contributed by atoms with E-state index in [1.165, 1.54) is 0 Å². The fourth-order valence-electron chi connectivity index (χ4n) is 0.427. The molecule has 0 fully saturated rings. The molecule has 0 atom stereocenters. The molecule has 0 aromatic rings. The van der Waals surface area contributed by atoms with E-state index < -0.39 is 62.1 Å². The van der Waals surface area contributed by atoms with Crippen molar-refractivity contribution in [1.82, 2.24) is 0 Å². The summed E-state index contributed by atoms with van der Waals surface area (Å²) >= 11 is 0. The van der Waals surface area contributed by atoms with E-state index >= 15 is 0 Å². The van der Waals surface area contributed by atoms with Crippen LogP contribution in [-0.4, -0.2) is 55.7 Å². The number of alkyl halides is 12. The van der Waals surface area contributed by atoms with Crippen molar-refractivity contribution in [1.29, 1.82) is 0 Å². The molecule has 10 nitrogen and oxygen atoms in total. The minimum atomic E-state index is -6.72. The molecule has 28 heteroatoms. The SMILES string of the molecule is O=S(=O)([N-]S(=O)(=O)C(F)(F)F)C(F)(F)F.O=S(=O)([N-]S(=O)(=O)C(F)(F)F)C(F)(F)F.[Li+].[Zn+2]. The van der Waals surface area contributed by atoms with Crippen molar-refractivity contribution in [3.63, 3.8) is 0 Å². The second-order valence-corrected chi connectivity index (χ2v) is 10.7. The number of sulfonamides is 4. The predicted molar refractivity (Wildman–Crippen MR) is 66.6 cm³/mol. The van der Waals surface area contributed by atoms with Crippen LogP contribution in [0.5, 0.6) is 0 Å². The van der Waals surface area contributed by atoms with Crippen LogP contribution >= 0.6 is 0 Å². The molecule has 0 rings (SSSR count). The van der Waals surface area contributed by atoms with Gasteiger partial charge in [-0.2, -0.15) is 52.7 Å². The first-order valence-corrected chi connectivity index (χ1v) is 10.9. The topological polar surface area (TPSA) is 165 Å². The van der Waals surface area contributed by atoms with E-state index in [1.807, 2.05) is 0 Å². The molecule has 0 bridgehead atoms. The van der Waals surface area contributed by atoms with Crippen molar-refractivity contribution in [2.24, 2.45) is 0 Å². The Labute approximate surface area is 194 Å². The van der Waals surface area contributed by atoms with Crippen molar-refractivity contribution in [2.75, 3.05) is 0 Å². The molecular weight excluding hydrogens is 633 g/mol. The fraction of sp³-hybridized carbons (Fsp3) is 1.00. The molecule has 0 heterocycles. The van der Waals surface area contributed by atoms with Gasteiger partial charge in [0.15, 0.2) is 40.1 Å². The summed E-state index contributed by atoms with van der Waals surface area (Å²) in [6.45, 7) is 0. The minimum Gasteiger partial charge on any atom is -0.421 e. The van der Waals surface area contributed by atoms with Crippen molar-refractivity contribution in [3.8, 4) is 0 Å². The maximum Gasteiger partial charge on any atom is 2.00 e. The molecule has 0 aliphatic carbocycles. The molecule has 184 valence electrons. The predicted octanol–water partition coefficient (Wildman–Crippen LogP) is -0.880. The van der Waals surface area contributed by atoms with Gasteiger partial charge in [-0.25, -0.2) is 33.7 Å². The summed E-state index contributed by atoms with van der Waals surface area (Å²) in [4.78, 5) is 0. The van der Waals surface area contributed by atoms with Crippen LogP contribution in [0.1, 0.15) is 0 Å². The molecule has 0 saturated carbocycles. The van der Waals surface area contributed by atoms with Gasteiger partial charge in [0.2, 0.25) is 0 Å². The van der Waals surface area contributed by atoms with Gasteiger partial charge in [-0.1, -0.05) is 0 Å². The molecule has 0 saturated heterocycles. The largest absolute Gasteiger partial charge is 2.00 e. The summed E-state index contributed by atoms with van der Waals surface area (Å²) in [5, 5.41) is 0. The van der Waals surface area contributed by atoms with Gasteiger partial charge >= 0.3 is 60.4 Å². The van der Waals surface area contributed by atoms with Gasteiger partial charge in [0, 0.05) is 0 Å². The molecule has 0 radical (unpaired) electrons. The van der Waals surface area contributed by atoms with Crippen molar-refractivity contribution < 1.29 is 125 Å². The Kier molecular flexibility index (Phi) is 13.8. The maximum absolute atomic E-state index is 11.4. The third-order valence-corrected chi connectivity index (χ3v) is 7.04. The maximum atomic E-state index is 11.4. The van der Waals surface area contributed by atoms with Gasteiger partial charge in [0.1, 0.15) is 0 Å². The monoisotopic (exact) mass is 631 g/mol. The van der Waals surface area contributed by atoms with Crippen LogP contribution in [0.2, 0.25) is 0 Å². The standard InChI is InChI=1S/2C2F6NO4S2.Li.Zn/c2*3-1(4,5)14(10,11)9-15(12,13)2(6,7)8;;/q2*-1;+1;+2. The average molecular weight is 633 g/mol. The first kappa shape index (κ1) is 39.3. The second-order valence-electron chi connectivity index (χ2n) is 3.83. The molecule has 0 aromatic carbocycles. The second kappa shape index (κ2) is 11.2. The third-order valence-electron chi connectivity index (χ3n) is 1.56. The van der Waals surface area contributed by atoms with Crippen LogP contribution in [0.25, 0.3) is 8.25 Å². The van der Waals surface area contributed by atoms with E-state index in [0.717, 1.165) is 8.25 Å². The Morgan fingerprint density at radius 1 is 0.375 bits per heavy atom. The molecule has 0 aliphatic rings. The van der Waals surface area contributed by atoms with Gasteiger partial charge in [-0.05, 0) is 0 Å². The van der Waals surface area contributed by atoms with Gasteiger partial charge < -0.3 is 8.25 Å². The molecule has 0 spiro atoms. The van der Waals surface area contributed by atoms with Crippen LogP contribution in [-0.2, 0) is 59.6 Å². The first-order chi connectivity index (χ1) is 12.4. The van der Waals surface area contributed by atoms with Gasteiger partial charge in [-0.15, -0.1) is 0 Å². The molecule has 0 aliphatic heterocycles. The zero-order valence-corrected chi connectivity index (χ0v) is 20.3. The molecule has 0 aromatic heterocycles. The smallest absolute Gasteiger partial charge is 0.421 e. The average Bonchev–Trinajstić information content (AvgIpc) is 2.30. The number of halogens is 12. The van der Waals surface area contributed by atoms with Crippen molar-refractivity contribution in [2.45, 2.75) is 22.0 Å². The summed E-state index contributed by atoms with van der Waals surface area (Å²) in [6, 6.07) is 0. The molecular formula is C4F12LiN2O8S4Zn+. The first-order valence-electron chi connectivity index (χ1n) is 5.15. The number of hydrogen-bond donors (Lipinski definition) is 0. The van der Waals surface area contributed by atoms with Crippen LogP contribution in [0.4, 0.5) is 52.7 Å². The number of rotatable bonds is 4. The Morgan fingerprint density at radius 2 is 0.469 bits per heavy atom. The molecule has 0 N–H and O–H groups in total. The van der Waals surface area contributed by atoms with E-state index in [0.29, 0.717) is 0 Å². The van der Waals surface area contributed by atoms with Gasteiger partial charge in [0.05, 0.1) is 0 Å². The van der Waals surface area contributed by atoms with E-state index in [4.69, 9.17) is 0 Å². The Morgan fingerprint density at radius 3 is 0.531 bits per heavy atom. The molecule has 0 unspecified atom stereocenters. The van der Waals surface area contributed by atoms with Crippen molar-refractivity contribution >= 4 is 40.1 Å². The normalized spacial score (nSPS) is 14.4. The number of nitrogens with zero attached hydrogens (tertiary/aromatic N) is 2. The van der Waals surface area contributed by atoms with E-state index in [1.54, 1.807) is 0 Å². The number of hydrogen-bond acceptors (Lipinski definition) is 8. The zero-order valence-electron chi connectivity index (χ0n) is 14.0. The Balaban J connectivity index is -0.000000231. The Bertz CT molecular complexity index is 868. The Hall–Kier alpha value is 0.101. The summed E-state index contributed by atoms with van der Waals surface area (Å²) in [5.41, 5.74) is -24.8. The minimum absolute atomic E-state index is 0. The van der Waals surface area contributed by atoms with E-state index in [-0.39, 0.29) is 38.3 Å². The van der Waals surface area contributed by atoms with E-state index in [9.17, 15) is 86.4 Å². The molecule has 32 heavy (non-hydrogen) atoms. The van der Waals surface area contributed by atoms with Crippen LogP contribution < -0.4 is 18.9 Å². The van der Waals surface area contributed by atoms with Gasteiger partial charge in [-0.3, -0.25) is 0 Å². The molecule has 0 amide bonds. The zero-order chi connectivity index (χ0) is 25.4. The summed E-state index contributed by atoms with van der Waals surface area (Å²) in [5.74, 6) is 0. The van der Waals surface area contributed by atoms with Crippen molar-refractivity contribution in [3.05, 3.63) is 8.25 Å². The fourth-order valence-corrected chi connectivity index (χ4v) is 3.85. The van der Waals surface area contributed by atoms with Crippen LogP contribution in [0.15, 0.2) is 0 Å². The quantitative estimate of drug-likeness (QED) is 0.285.